The van der Waals surface area contributed by atoms with Crippen LogP contribution in [0.2, 0.25) is 0 Å². The van der Waals surface area contributed by atoms with Gasteiger partial charge in [0.2, 0.25) is 12.6 Å². The zero-order valence-corrected chi connectivity index (χ0v) is 37.0. The molecule has 2 heterocycles. The van der Waals surface area contributed by atoms with E-state index in [0.29, 0.717) is 18.9 Å². The molecule has 0 saturated carbocycles. The van der Waals surface area contributed by atoms with Crippen molar-refractivity contribution in [1.29, 1.82) is 5.41 Å². The van der Waals surface area contributed by atoms with E-state index in [1.807, 2.05) is 27.7 Å². The second-order valence-electron chi connectivity index (χ2n) is 15.4. The van der Waals surface area contributed by atoms with Crippen LogP contribution in [-0.4, -0.2) is 120 Å². The number of aliphatic imine (C=N–C) groups is 1. The zero-order chi connectivity index (χ0) is 42.8. The molecule has 13 nitrogen and oxygen atoms in total. The second-order valence-corrected chi connectivity index (χ2v) is 15.4. The molecule has 0 bridgehead atoms. The maximum atomic E-state index is 10.6. The molecule has 0 aromatic heterocycles. The van der Waals surface area contributed by atoms with Crippen LogP contribution in [0.3, 0.4) is 0 Å². The highest BCUT2D eigenvalue weighted by Gasteiger charge is 2.47. The van der Waals surface area contributed by atoms with Crippen LogP contribution in [0.4, 0.5) is 0 Å². The number of nitrogens with two attached hydrogens (primary N) is 1. The minimum absolute atomic E-state index is 0.296. The van der Waals surface area contributed by atoms with E-state index in [4.69, 9.17) is 39.6 Å². The molecule has 2 fully saturated rings. The Hall–Kier alpha value is -1.94. The van der Waals surface area contributed by atoms with Crippen molar-refractivity contribution in [3.63, 3.8) is 0 Å². The van der Waals surface area contributed by atoms with Crippen molar-refractivity contribution < 1.29 is 48.8 Å². The van der Waals surface area contributed by atoms with E-state index in [0.717, 1.165) is 31.4 Å². The number of hydrogen-bond acceptors (Lipinski definition) is 13. The van der Waals surface area contributed by atoms with Crippen LogP contribution in [0, 0.1) is 5.41 Å². The van der Waals surface area contributed by atoms with Crippen molar-refractivity contribution >= 4 is 11.4 Å². The highest BCUT2D eigenvalue weighted by Crippen LogP contribution is 2.28. The summed E-state index contributed by atoms with van der Waals surface area (Å²) in [4.78, 5) is 4.59. The number of ether oxygens (including phenoxy) is 6. The molecule has 0 amide bonds. The van der Waals surface area contributed by atoms with Gasteiger partial charge in [0, 0.05) is 24.6 Å². The summed E-state index contributed by atoms with van der Waals surface area (Å²) in [6.07, 6.45) is 20.1. The third-order valence-corrected chi connectivity index (χ3v) is 9.44. The minimum Gasteiger partial charge on any atom is -0.471 e. The Morgan fingerprint density at radius 1 is 0.632 bits per heavy atom. The summed E-state index contributed by atoms with van der Waals surface area (Å²) >= 11 is 0. The third-order valence-electron chi connectivity index (χ3n) is 9.44. The molecule has 0 radical (unpaired) electrons. The normalized spacial score (nSPS) is 27.3. The number of hydrogen-bond donors (Lipinski definition) is 6. The molecule has 13 heteroatoms. The van der Waals surface area contributed by atoms with Gasteiger partial charge in [-0.05, 0) is 54.4 Å². The van der Waals surface area contributed by atoms with Crippen LogP contribution in [0.5, 0.6) is 0 Å². The van der Waals surface area contributed by atoms with Crippen molar-refractivity contribution in [2.45, 2.75) is 219 Å². The Labute approximate surface area is 346 Å². The molecule has 7 N–H and O–H groups in total. The van der Waals surface area contributed by atoms with Crippen LogP contribution in [0.15, 0.2) is 29.7 Å². The van der Waals surface area contributed by atoms with Gasteiger partial charge in [0.25, 0.3) is 0 Å². The van der Waals surface area contributed by atoms with Crippen molar-refractivity contribution in [3.05, 3.63) is 24.7 Å². The molecule has 2 aliphatic rings. The van der Waals surface area contributed by atoms with E-state index >= 15 is 0 Å². The monoisotopic (exact) mass is 816 g/mol. The van der Waals surface area contributed by atoms with Gasteiger partial charge in [-0.25, -0.2) is 0 Å². The van der Waals surface area contributed by atoms with Gasteiger partial charge in [-0.2, -0.15) is 0 Å². The molecule has 0 spiro atoms. The lowest BCUT2D eigenvalue weighted by Crippen LogP contribution is -2.63. The molecular weight excluding hydrogens is 730 g/mol. The number of aliphatic hydroxyl groups is 4. The fourth-order valence-corrected chi connectivity index (χ4v) is 6.44. The molecule has 0 aromatic carbocycles. The Balaban J connectivity index is 0.00000101. The third kappa shape index (κ3) is 25.3. The number of unbranched alkanes of at least 4 members (excludes halogenated alkanes) is 14. The lowest BCUT2D eigenvalue weighted by Gasteiger charge is -2.42. The van der Waals surface area contributed by atoms with Crippen LogP contribution in [0.25, 0.3) is 0 Å². The van der Waals surface area contributed by atoms with Crippen molar-refractivity contribution in [2.24, 2.45) is 10.7 Å². The number of aliphatic hydroxyl groups excluding tert-OH is 4. The van der Waals surface area contributed by atoms with Crippen molar-refractivity contribution in [1.82, 2.24) is 0 Å². The first kappa shape index (κ1) is 55.1. The van der Waals surface area contributed by atoms with Gasteiger partial charge in [-0.1, -0.05) is 116 Å². The molecule has 2 saturated heterocycles. The molecule has 0 aliphatic carbocycles. The van der Waals surface area contributed by atoms with Crippen LogP contribution in [0.1, 0.15) is 158 Å². The van der Waals surface area contributed by atoms with Crippen LogP contribution >= 0.6 is 0 Å². The van der Waals surface area contributed by atoms with Gasteiger partial charge < -0.3 is 60.0 Å². The average molecular weight is 816 g/mol. The lowest BCUT2D eigenvalue weighted by molar-refractivity contribution is -0.258. The smallest absolute Gasteiger partial charge is 0.224 e. The van der Waals surface area contributed by atoms with Gasteiger partial charge in [0.1, 0.15) is 42.7 Å². The average Bonchev–Trinajstić information content (AvgIpc) is 3.18. The van der Waals surface area contributed by atoms with E-state index < -0.39 is 61.3 Å². The Morgan fingerprint density at radius 3 is 1.40 bits per heavy atom. The molecule has 0 aromatic rings. The molecule has 10 atom stereocenters. The van der Waals surface area contributed by atoms with Gasteiger partial charge in [0.05, 0.1) is 31.8 Å². The van der Waals surface area contributed by atoms with Gasteiger partial charge in [-0.15, -0.1) is 0 Å². The molecule has 2 rings (SSSR count). The molecule has 336 valence electrons. The minimum atomic E-state index is -0.959. The van der Waals surface area contributed by atoms with Gasteiger partial charge in [-0.3, -0.25) is 4.99 Å². The Kier molecular flexibility index (Phi) is 34.7. The fraction of sp³-hybridized carbons (Fsp3) is 0.864. The van der Waals surface area contributed by atoms with E-state index in [9.17, 15) is 20.4 Å². The maximum absolute atomic E-state index is 10.6. The largest absolute Gasteiger partial charge is 0.471 e. The lowest BCUT2D eigenvalue weighted by atomic mass is 9.97. The summed E-state index contributed by atoms with van der Waals surface area (Å²) in [5, 5.41) is 46.4. The highest BCUT2D eigenvalue weighted by molar-refractivity contribution is 5.79. The first-order chi connectivity index (χ1) is 27.4. The Bertz CT molecular complexity index is 1040. The predicted octanol–water partition coefficient (Wildman–Crippen LogP) is 7.50. The second kappa shape index (κ2) is 36.0. The van der Waals surface area contributed by atoms with E-state index in [1.165, 1.54) is 83.3 Å². The van der Waals surface area contributed by atoms with Gasteiger partial charge in [0.15, 0.2) is 0 Å². The molecule has 2 aliphatic heterocycles. The topological polar surface area (TPSA) is 199 Å². The summed E-state index contributed by atoms with van der Waals surface area (Å²) in [6.45, 7) is 15.9. The first-order valence-electron chi connectivity index (χ1n) is 21.9. The maximum Gasteiger partial charge on any atom is 0.224 e. The molecular formula is C44H85N3O10. The summed E-state index contributed by atoms with van der Waals surface area (Å²) in [5.41, 5.74) is 7.66. The summed E-state index contributed by atoms with van der Waals surface area (Å²) in [5.74, 6) is 0. The fourth-order valence-electron chi connectivity index (χ4n) is 6.44. The summed E-state index contributed by atoms with van der Waals surface area (Å²) in [7, 11) is 0. The predicted molar refractivity (Wildman–Crippen MR) is 230 cm³/mol. The summed E-state index contributed by atoms with van der Waals surface area (Å²) < 4.78 is 34.2. The van der Waals surface area contributed by atoms with E-state index in [-0.39, 0.29) is 13.2 Å². The van der Waals surface area contributed by atoms with Crippen molar-refractivity contribution in [3.8, 4) is 0 Å². The van der Waals surface area contributed by atoms with E-state index in [2.05, 4.69) is 18.8 Å². The van der Waals surface area contributed by atoms with Crippen LogP contribution < -0.4 is 5.73 Å². The Morgan fingerprint density at radius 2 is 1.00 bits per heavy atom. The standard InChI is InChI=1S/C22H41NO5.C19H37NO5.C3H7N/c1-5-7-8-9-10-11-12-13-15-26-21-19(23-17(3)4)22(27-14-6-2)28-18(16-24)20(21)25;1-3-5-6-7-8-9-10-11-13-23-18-16(20)19(24-12-4-2)25-15(14-21)17(18)22;1-3(2)4/h6,14,18-22,24-25H,5,7-13,15-16H2,1-4H3;4,12,15-19,21-22H,3,5-11,13-14,20H2,1-2H3;4H,1-2H3/b14-6-;12-4-;/t18?,19?,20-,21-,22+;15?,16-,17-,18-,19+;/m11./s1. The molecule has 3 unspecified atom stereocenters. The molecule has 57 heavy (non-hydrogen) atoms. The summed E-state index contributed by atoms with van der Waals surface area (Å²) in [6, 6.07) is -1.09. The van der Waals surface area contributed by atoms with E-state index in [1.54, 1.807) is 32.3 Å². The SMILES string of the molecule is C/C=C\O[C@H]1OC(CO)[C@@H](O)[C@H](OCCCCCCCCCC)C1N=C(C)C.C/C=C\O[C@H]1OC(CO)[C@@H](O)[C@H](OCCCCCCCCCC)[C@H]1N.CC(C)=N. The van der Waals surface area contributed by atoms with Crippen LogP contribution in [-0.2, 0) is 28.4 Å². The first-order valence-corrected chi connectivity index (χ1v) is 21.9. The number of nitrogens with zero attached hydrogens (tertiary/aromatic N) is 1. The highest BCUT2D eigenvalue weighted by atomic mass is 16.7. The van der Waals surface area contributed by atoms with Gasteiger partial charge >= 0.3 is 0 Å². The number of rotatable bonds is 27. The number of nitrogens with one attached hydrogen (secondary N) is 1. The number of allylic oxidation sites excluding steroid dienone is 2. The quantitative estimate of drug-likeness (QED) is 0.0273. The zero-order valence-electron chi connectivity index (χ0n) is 37.0. The van der Waals surface area contributed by atoms with Crippen molar-refractivity contribution in [2.75, 3.05) is 26.4 Å².